The normalized spacial score (nSPS) is 12.6. The van der Waals surface area contributed by atoms with Crippen LogP contribution < -0.4 is 5.73 Å². The van der Waals surface area contributed by atoms with E-state index in [1.165, 1.54) is 11.3 Å². The fourth-order valence-corrected chi connectivity index (χ4v) is 2.31. The second-order valence-corrected chi connectivity index (χ2v) is 4.96. The number of aromatic nitrogens is 3. The molecule has 0 amide bonds. The van der Waals surface area contributed by atoms with Crippen LogP contribution in [0, 0.1) is 6.92 Å². The van der Waals surface area contributed by atoms with Crippen LogP contribution in [-0.4, -0.2) is 20.8 Å². The highest BCUT2D eigenvalue weighted by Gasteiger charge is 2.10. The van der Waals surface area contributed by atoms with Crippen molar-refractivity contribution in [1.82, 2.24) is 14.8 Å². The van der Waals surface area contributed by atoms with Gasteiger partial charge in [-0.05, 0) is 44.4 Å². The monoisotopic (exact) mass is 258 g/mol. The maximum Gasteiger partial charge on any atom is 0.0596 e. The van der Waals surface area contributed by atoms with E-state index in [4.69, 9.17) is 5.73 Å². The number of nitrogens with two attached hydrogens (primary N) is 1. The highest BCUT2D eigenvalue weighted by molar-refractivity contribution is 5.12. The molecule has 4 nitrogen and oxygen atoms in total. The molecule has 0 spiro atoms. The molecule has 2 aromatic heterocycles. The molecule has 0 aliphatic heterocycles. The third kappa shape index (κ3) is 3.89. The lowest BCUT2D eigenvalue weighted by molar-refractivity contribution is 0.554. The fourth-order valence-electron chi connectivity index (χ4n) is 2.31. The zero-order chi connectivity index (χ0) is 13.7. The Morgan fingerprint density at radius 2 is 2.26 bits per heavy atom. The molecular formula is C15H22N4. The summed E-state index contributed by atoms with van der Waals surface area (Å²) in [5.41, 5.74) is 9.77. The second kappa shape index (κ2) is 6.48. The minimum absolute atomic E-state index is 0.168. The molecule has 2 heterocycles. The Balaban J connectivity index is 1.88. The molecule has 0 fully saturated rings. The SMILES string of the molecule is CCn1nc(C)cc1CC(N)CCc1cccnc1. The van der Waals surface area contributed by atoms with E-state index in [1.807, 2.05) is 23.9 Å². The zero-order valence-corrected chi connectivity index (χ0v) is 11.7. The second-order valence-electron chi connectivity index (χ2n) is 4.96. The van der Waals surface area contributed by atoms with Crippen molar-refractivity contribution in [3.05, 3.63) is 47.5 Å². The van der Waals surface area contributed by atoms with Gasteiger partial charge in [-0.15, -0.1) is 0 Å². The first kappa shape index (κ1) is 13.7. The summed E-state index contributed by atoms with van der Waals surface area (Å²) < 4.78 is 2.04. The number of pyridine rings is 1. The highest BCUT2D eigenvalue weighted by Crippen LogP contribution is 2.10. The van der Waals surface area contributed by atoms with Crippen LogP contribution in [0.25, 0.3) is 0 Å². The Kier molecular flexibility index (Phi) is 4.68. The van der Waals surface area contributed by atoms with Crippen molar-refractivity contribution >= 4 is 0 Å². The van der Waals surface area contributed by atoms with Crippen LogP contribution >= 0.6 is 0 Å². The first-order valence-corrected chi connectivity index (χ1v) is 6.87. The largest absolute Gasteiger partial charge is 0.327 e. The molecule has 1 atom stereocenters. The van der Waals surface area contributed by atoms with Gasteiger partial charge in [-0.1, -0.05) is 6.07 Å². The molecule has 0 aromatic carbocycles. The maximum atomic E-state index is 6.22. The molecule has 19 heavy (non-hydrogen) atoms. The first-order chi connectivity index (χ1) is 9.19. The predicted molar refractivity (Wildman–Crippen MR) is 76.9 cm³/mol. The van der Waals surface area contributed by atoms with Crippen LogP contribution in [-0.2, 0) is 19.4 Å². The minimum atomic E-state index is 0.168. The highest BCUT2D eigenvalue weighted by atomic mass is 15.3. The van der Waals surface area contributed by atoms with E-state index in [2.05, 4.69) is 29.1 Å². The summed E-state index contributed by atoms with van der Waals surface area (Å²) in [5.74, 6) is 0. The molecule has 2 rings (SSSR count). The summed E-state index contributed by atoms with van der Waals surface area (Å²) in [4.78, 5) is 4.12. The lowest BCUT2D eigenvalue weighted by Crippen LogP contribution is -2.25. The average molecular weight is 258 g/mol. The van der Waals surface area contributed by atoms with E-state index in [1.54, 1.807) is 6.20 Å². The van der Waals surface area contributed by atoms with E-state index < -0.39 is 0 Å². The van der Waals surface area contributed by atoms with E-state index >= 15 is 0 Å². The molecule has 2 aromatic rings. The van der Waals surface area contributed by atoms with Gasteiger partial charge in [0.25, 0.3) is 0 Å². The smallest absolute Gasteiger partial charge is 0.0596 e. The van der Waals surface area contributed by atoms with Crippen LogP contribution in [0.1, 0.15) is 30.3 Å². The van der Waals surface area contributed by atoms with Crippen LogP contribution in [0.5, 0.6) is 0 Å². The van der Waals surface area contributed by atoms with Crippen LogP contribution in [0.2, 0.25) is 0 Å². The molecule has 0 bridgehead atoms. The summed E-state index contributed by atoms with van der Waals surface area (Å²) in [5, 5.41) is 4.45. The lowest BCUT2D eigenvalue weighted by Gasteiger charge is -2.12. The number of hydrogen-bond donors (Lipinski definition) is 1. The first-order valence-electron chi connectivity index (χ1n) is 6.87. The molecule has 0 aliphatic rings. The number of nitrogens with zero attached hydrogens (tertiary/aromatic N) is 3. The van der Waals surface area contributed by atoms with E-state index in [9.17, 15) is 0 Å². The van der Waals surface area contributed by atoms with Crippen molar-refractivity contribution in [1.29, 1.82) is 0 Å². The number of aryl methyl sites for hydroxylation is 3. The molecule has 0 saturated heterocycles. The molecule has 2 N–H and O–H groups in total. The molecule has 1 unspecified atom stereocenters. The van der Waals surface area contributed by atoms with Gasteiger partial charge in [0.15, 0.2) is 0 Å². The Labute approximate surface area is 114 Å². The summed E-state index contributed by atoms with van der Waals surface area (Å²) >= 11 is 0. The van der Waals surface area contributed by atoms with Crippen LogP contribution in [0.4, 0.5) is 0 Å². The zero-order valence-electron chi connectivity index (χ0n) is 11.7. The van der Waals surface area contributed by atoms with E-state index in [0.717, 1.165) is 31.5 Å². The third-order valence-corrected chi connectivity index (χ3v) is 3.28. The van der Waals surface area contributed by atoms with Crippen molar-refractivity contribution in [2.45, 2.75) is 45.7 Å². The van der Waals surface area contributed by atoms with Crippen LogP contribution in [0.15, 0.2) is 30.6 Å². The molecule has 4 heteroatoms. The van der Waals surface area contributed by atoms with Gasteiger partial charge in [-0.3, -0.25) is 9.67 Å². The topological polar surface area (TPSA) is 56.7 Å². The molecule has 0 saturated carbocycles. The van der Waals surface area contributed by atoms with Crippen molar-refractivity contribution < 1.29 is 0 Å². The van der Waals surface area contributed by atoms with Gasteiger partial charge in [0.2, 0.25) is 0 Å². The standard InChI is InChI=1S/C15H22N4/c1-3-19-15(9-12(2)18-19)10-14(16)7-6-13-5-4-8-17-11-13/h4-5,8-9,11,14H,3,6-7,10,16H2,1-2H3. The maximum absolute atomic E-state index is 6.22. The molecule has 0 radical (unpaired) electrons. The Morgan fingerprint density at radius 3 is 2.95 bits per heavy atom. The quantitative estimate of drug-likeness (QED) is 0.863. The van der Waals surface area contributed by atoms with Gasteiger partial charge >= 0.3 is 0 Å². The summed E-state index contributed by atoms with van der Waals surface area (Å²) in [6, 6.07) is 6.37. The van der Waals surface area contributed by atoms with E-state index in [-0.39, 0.29) is 6.04 Å². The lowest BCUT2D eigenvalue weighted by atomic mass is 10.0. The van der Waals surface area contributed by atoms with Gasteiger partial charge in [0.05, 0.1) is 5.69 Å². The fraction of sp³-hybridized carbons (Fsp3) is 0.467. The Bertz CT molecular complexity index is 504. The van der Waals surface area contributed by atoms with Gasteiger partial charge < -0.3 is 5.73 Å². The Hall–Kier alpha value is -1.68. The number of rotatable bonds is 6. The van der Waals surface area contributed by atoms with Crippen molar-refractivity contribution in [3.8, 4) is 0 Å². The molecule has 0 aliphatic carbocycles. The van der Waals surface area contributed by atoms with Crippen LogP contribution in [0.3, 0.4) is 0 Å². The summed E-state index contributed by atoms with van der Waals surface area (Å²) in [7, 11) is 0. The van der Waals surface area contributed by atoms with Crippen molar-refractivity contribution in [2.24, 2.45) is 5.73 Å². The van der Waals surface area contributed by atoms with Gasteiger partial charge in [-0.2, -0.15) is 5.10 Å². The van der Waals surface area contributed by atoms with Crippen molar-refractivity contribution in [3.63, 3.8) is 0 Å². The average Bonchev–Trinajstić information content (AvgIpc) is 2.77. The van der Waals surface area contributed by atoms with Crippen molar-refractivity contribution in [2.75, 3.05) is 0 Å². The van der Waals surface area contributed by atoms with Gasteiger partial charge in [0, 0.05) is 37.1 Å². The summed E-state index contributed by atoms with van der Waals surface area (Å²) in [6.45, 7) is 5.03. The Morgan fingerprint density at radius 1 is 1.42 bits per heavy atom. The molecule has 102 valence electrons. The predicted octanol–water partition coefficient (Wildman–Crippen LogP) is 2.11. The summed E-state index contributed by atoms with van der Waals surface area (Å²) in [6.07, 6.45) is 6.54. The molecular weight excluding hydrogens is 236 g/mol. The van der Waals surface area contributed by atoms with Gasteiger partial charge in [-0.25, -0.2) is 0 Å². The third-order valence-electron chi connectivity index (χ3n) is 3.28. The van der Waals surface area contributed by atoms with Gasteiger partial charge in [0.1, 0.15) is 0 Å². The van der Waals surface area contributed by atoms with E-state index in [0.29, 0.717) is 0 Å². The minimum Gasteiger partial charge on any atom is -0.327 e. The number of hydrogen-bond acceptors (Lipinski definition) is 3.